The Morgan fingerprint density at radius 3 is 2.19 bits per heavy atom. The number of hydrogen-bond acceptors (Lipinski definition) is 4. The standard InChI is InChI=1S/C15H26N2O4/c1-10(17-15(20)12-6-4-5-7-12)8-13(18)16-11(2)9-14(19)21-3/h10-12H,4-9H2,1-3H3,(H,16,18)(H,17,20). The largest absolute Gasteiger partial charge is 0.469 e. The van der Waals surface area contributed by atoms with Crippen molar-refractivity contribution in [2.75, 3.05) is 7.11 Å². The minimum absolute atomic E-state index is 0.0513. The average Bonchev–Trinajstić information content (AvgIpc) is 2.91. The molecule has 1 fully saturated rings. The highest BCUT2D eigenvalue weighted by Gasteiger charge is 2.24. The maximum Gasteiger partial charge on any atom is 0.307 e. The highest BCUT2D eigenvalue weighted by Crippen LogP contribution is 2.24. The van der Waals surface area contributed by atoms with Crippen LogP contribution in [0.5, 0.6) is 0 Å². The molecule has 6 heteroatoms. The molecule has 0 aliphatic heterocycles. The summed E-state index contributed by atoms with van der Waals surface area (Å²) in [5.41, 5.74) is 0. The van der Waals surface area contributed by atoms with Gasteiger partial charge in [0.15, 0.2) is 0 Å². The molecule has 0 heterocycles. The van der Waals surface area contributed by atoms with Crippen LogP contribution in [-0.4, -0.2) is 37.0 Å². The summed E-state index contributed by atoms with van der Waals surface area (Å²) in [5.74, 6) is -0.375. The number of hydrogen-bond donors (Lipinski definition) is 2. The maximum absolute atomic E-state index is 11.9. The lowest BCUT2D eigenvalue weighted by atomic mass is 10.1. The third kappa shape index (κ3) is 6.60. The van der Waals surface area contributed by atoms with Gasteiger partial charge in [-0.3, -0.25) is 14.4 Å². The maximum atomic E-state index is 11.9. The van der Waals surface area contributed by atoms with Crippen molar-refractivity contribution in [1.29, 1.82) is 0 Å². The first-order valence-corrected chi connectivity index (χ1v) is 7.59. The van der Waals surface area contributed by atoms with E-state index in [0.717, 1.165) is 25.7 Å². The summed E-state index contributed by atoms with van der Waals surface area (Å²) in [4.78, 5) is 34.8. The van der Waals surface area contributed by atoms with Gasteiger partial charge in [0.05, 0.1) is 13.5 Å². The molecule has 1 saturated carbocycles. The summed E-state index contributed by atoms with van der Waals surface area (Å²) in [7, 11) is 1.32. The number of methoxy groups -OCH3 is 1. The van der Waals surface area contributed by atoms with E-state index in [4.69, 9.17) is 0 Å². The van der Waals surface area contributed by atoms with E-state index in [0.29, 0.717) is 0 Å². The fourth-order valence-corrected chi connectivity index (χ4v) is 2.60. The number of carbonyl (C=O) groups excluding carboxylic acids is 3. The fraction of sp³-hybridized carbons (Fsp3) is 0.800. The molecule has 0 bridgehead atoms. The Morgan fingerprint density at radius 2 is 1.62 bits per heavy atom. The number of ether oxygens (including phenoxy) is 1. The summed E-state index contributed by atoms with van der Waals surface area (Å²) in [6.45, 7) is 3.56. The molecule has 2 amide bonds. The average molecular weight is 298 g/mol. The van der Waals surface area contributed by atoms with Gasteiger partial charge in [-0.1, -0.05) is 12.8 Å². The third-order valence-electron chi connectivity index (χ3n) is 3.71. The summed E-state index contributed by atoms with van der Waals surface area (Å²) >= 11 is 0. The number of carbonyl (C=O) groups is 3. The van der Waals surface area contributed by atoms with Crippen molar-refractivity contribution < 1.29 is 19.1 Å². The normalized spacial score (nSPS) is 17.9. The first kappa shape index (κ1) is 17.5. The zero-order valence-corrected chi connectivity index (χ0v) is 13.1. The van der Waals surface area contributed by atoms with E-state index in [1.807, 2.05) is 6.92 Å². The van der Waals surface area contributed by atoms with Crippen LogP contribution >= 0.6 is 0 Å². The van der Waals surface area contributed by atoms with Crippen LogP contribution in [0.4, 0.5) is 0 Å². The molecule has 0 radical (unpaired) electrons. The van der Waals surface area contributed by atoms with Crippen molar-refractivity contribution in [3.05, 3.63) is 0 Å². The predicted molar refractivity (Wildman–Crippen MR) is 78.4 cm³/mol. The molecule has 0 aromatic heterocycles. The Labute approximate surface area is 126 Å². The van der Waals surface area contributed by atoms with E-state index in [9.17, 15) is 14.4 Å². The molecule has 1 aliphatic carbocycles. The second kappa shape index (κ2) is 8.64. The molecule has 0 saturated heterocycles. The highest BCUT2D eigenvalue weighted by molar-refractivity contribution is 5.81. The summed E-state index contributed by atoms with van der Waals surface area (Å²) < 4.78 is 4.55. The van der Waals surface area contributed by atoms with Crippen LogP contribution < -0.4 is 10.6 Å². The van der Waals surface area contributed by atoms with Crippen LogP contribution in [0.2, 0.25) is 0 Å². The highest BCUT2D eigenvalue weighted by atomic mass is 16.5. The molecule has 0 aromatic rings. The Kier molecular flexibility index (Phi) is 7.19. The number of nitrogens with one attached hydrogen (secondary N) is 2. The quantitative estimate of drug-likeness (QED) is 0.690. The van der Waals surface area contributed by atoms with Crippen LogP contribution in [0.1, 0.15) is 52.4 Å². The molecule has 21 heavy (non-hydrogen) atoms. The van der Waals surface area contributed by atoms with E-state index >= 15 is 0 Å². The SMILES string of the molecule is COC(=O)CC(C)NC(=O)CC(C)NC(=O)C1CCCC1. The minimum Gasteiger partial charge on any atom is -0.469 e. The van der Waals surface area contributed by atoms with Crippen LogP contribution in [0.25, 0.3) is 0 Å². The Morgan fingerprint density at radius 1 is 1.05 bits per heavy atom. The molecule has 6 nitrogen and oxygen atoms in total. The first-order valence-electron chi connectivity index (χ1n) is 7.59. The monoisotopic (exact) mass is 298 g/mol. The van der Waals surface area contributed by atoms with Crippen LogP contribution in [-0.2, 0) is 19.1 Å². The van der Waals surface area contributed by atoms with Gasteiger partial charge in [0.25, 0.3) is 0 Å². The summed E-state index contributed by atoms with van der Waals surface area (Å²) in [6.07, 6.45) is 4.47. The zero-order valence-electron chi connectivity index (χ0n) is 13.1. The van der Waals surface area contributed by atoms with E-state index in [1.54, 1.807) is 6.92 Å². The predicted octanol–water partition coefficient (Wildman–Crippen LogP) is 1.14. The van der Waals surface area contributed by atoms with Crippen molar-refractivity contribution in [1.82, 2.24) is 10.6 Å². The zero-order chi connectivity index (χ0) is 15.8. The van der Waals surface area contributed by atoms with Gasteiger partial charge < -0.3 is 15.4 Å². The molecule has 1 rings (SSSR count). The van der Waals surface area contributed by atoms with Crippen molar-refractivity contribution in [3.8, 4) is 0 Å². The molecule has 2 N–H and O–H groups in total. The van der Waals surface area contributed by atoms with Gasteiger partial charge in [-0.05, 0) is 26.7 Å². The number of amides is 2. The molecule has 2 unspecified atom stereocenters. The summed E-state index contributed by atoms with van der Waals surface area (Å²) in [6, 6.07) is -0.480. The van der Waals surface area contributed by atoms with Gasteiger partial charge in [-0.15, -0.1) is 0 Å². The van der Waals surface area contributed by atoms with E-state index in [2.05, 4.69) is 15.4 Å². The van der Waals surface area contributed by atoms with E-state index < -0.39 is 0 Å². The van der Waals surface area contributed by atoms with Crippen molar-refractivity contribution in [2.45, 2.75) is 64.5 Å². The third-order valence-corrected chi connectivity index (χ3v) is 3.71. The van der Waals surface area contributed by atoms with Crippen LogP contribution in [0.3, 0.4) is 0 Å². The van der Waals surface area contributed by atoms with Crippen LogP contribution in [0, 0.1) is 5.92 Å². The van der Waals surface area contributed by atoms with Gasteiger partial charge in [0.2, 0.25) is 11.8 Å². The van der Waals surface area contributed by atoms with Gasteiger partial charge in [0.1, 0.15) is 0 Å². The molecule has 0 aromatic carbocycles. The Balaban J connectivity index is 2.26. The van der Waals surface area contributed by atoms with E-state index in [1.165, 1.54) is 7.11 Å². The summed E-state index contributed by atoms with van der Waals surface area (Å²) in [5, 5.41) is 5.61. The molecule has 1 aliphatic rings. The van der Waals surface area contributed by atoms with E-state index in [-0.39, 0.29) is 48.6 Å². The number of esters is 1. The fourth-order valence-electron chi connectivity index (χ4n) is 2.60. The Bertz CT molecular complexity index is 378. The topological polar surface area (TPSA) is 84.5 Å². The molecular formula is C15H26N2O4. The lowest BCUT2D eigenvalue weighted by molar-refractivity contribution is -0.141. The number of rotatable bonds is 7. The van der Waals surface area contributed by atoms with Gasteiger partial charge in [-0.25, -0.2) is 0 Å². The Hall–Kier alpha value is -1.59. The lowest BCUT2D eigenvalue weighted by Crippen LogP contribution is -2.42. The first-order chi connectivity index (χ1) is 9.92. The van der Waals surface area contributed by atoms with Crippen LogP contribution in [0.15, 0.2) is 0 Å². The van der Waals surface area contributed by atoms with Crippen molar-refractivity contribution in [2.24, 2.45) is 5.92 Å². The second-order valence-electron chi connectivity index (χ2n) is 5.84. The molecule has 2 atom stereocenters. The minimum atomic E-state index is -0.356. The molecule has 120 valence electrons. The molecule has 0 spiro atoms. The van der Waals surface area contributed by atoms with Gasteiger partial charge >= 0.3 is 5.97 Å². The van der Waals surface area contributed by atoms with Crippen molar-refractivity contribution in [3.63, 3.8) is 0 Å². The lowest BCUT2D eigenvalue weighted by Gasteiger charge is -2.18. The molecular weight excluding hydrogens is 272 g/mol. The van der Waals surface area contributed by atoms with Crippen molar-refractivity contribution >= 4 is 17.8 Å². The van der Waals surface area contributed by atoms with Gasteiger partial charge in [0, 0.05) is 24.4 Å². The van der Waals surface area contributed by atoms with Gasteiger partial charge in [-0.2, -0.15) is 0 Å². The smallest absolute Gasteiger partial charge is 0.307 e. The second-order valence-corrected chi connectivity index (χ2v) is 5.84.